The van der Waals surface area contributed by atoms with Gasteiger partial charge in [-0.1, -0.05) is 41.9 Å². The SMILES string of the molecule is O=C(c1ccccc1)c1cc(Cl)ccc1Nc1ccc([N+](=O)[O-])cc1[N+](=O)[O-]. The van der Waals surface area contributed by atoms with Crippen LogP contribution in [0.4, 0.5) is 22.7 Å². The van der Waals surface area contributed by atoms with E-state index in [1.165, 1.54) is 24.3 Å². The summed E-state index contributed by atoms with van der Waals surface area (Å²) in [5.74, 6) is -0.324. The summed E-state index contributed by atoms with van der Waals surface area (Å²) in [6, 6.07) is 16.2. The second kappa shape index (κ2) is 7.85. The van der Waals surface area contributed by atoms with Crippen LogP contribution in [0.1, 0.15) is 15.9 Å². The zero-order valence-corrected chi connectivity index (χ0v) is 14.9. The fourth-order valence-electron chi connectivity index (χ4n) is 2.59. The van der Waals surface area contributed by atoms with E-state index in [1.807, 2.05) is 0 Å². The normalized spacial score (nSPS) is 10.3. The first-order valence-electron chi connectivity index (χ1n) is 7.96. The van der Waals surface area contributed by atoms with E-state index >= 15 is 0 Å². The van der Waals surface area contributed by atoms with Crippen LogP contribution in [0, 0.1) is 20.2 Å². The largest absolute Gasteiger partial charge is 0.349 e. The molecule has 3 aromatic rings. The number of anilines is 2. The van der Waals surface area contributed by atoms with Crippen molar-refractivity contribution >= 4 is 40.1 Å². The van der Waals surface area contributed by atoms with E-state index in [9.17, 15) is 25.0 Å². The number of nitro benzene ring substituents is 2. The molecule has 0 aliphatic rings. The second-order valence-electron chi connectivity index (χ2n) is 5.73. The number of hydrogen-bond donors (Lipinski definition) is 1. The number of nitrogens with one attached hydrogen (secondary N) is 1. The molecule has 0 amide bonds. The molecule has 0 aliphatic heterocycles. The van der Waals surface area contributed by atoms with Crippen LogP contribution in [-0.2, 0) is 0 Å². The average molecular weight is 398 g/mol. The maximum absolute atomic E-state index is 12.8. The summed E-state index contributed by atoms with van der Waals surface area (Å²) < 4.78 is 0. The van der Waals surface area contributed by atoms with Crippen molar-refractivity contribution in [2.75, 3.05) is 5.32 Å². The Morgan fingerprint density at radius 1 is 0.857 bits per heavy atom. The predicted molar refractivity (Wildman–Crippen MR) is 104 cm³/mol. The topological polar surface area (TPSA) is 115 Å². The summed E-state index contributed by atoms with van der Waals surface area (Å²) in [6.07, 6.45) is 0. The standard InChI is InChI=1S/C19H12ClN3O5/c20-13-6-8-16(15(10-13)19(24)12-4-2-1-3-5-12)21-17-9-7-14(22(25)26)11-18(17)23(27)28/h1-11,21H. The van der Waals surface area contributed by atoms with Gasteiger partial charge < -0.3 is 5.32 Å². The molecule has 0 saturated carbocycles. The molecule has 0 saturated heterocycles. The Hall–Kier alpha value is -3.78. The Morgan fingerprint density at radius 2 is 1.54 bits per heavy atom. The molecule has 3 rings (SSSR count). The lowest BCUT2D eigenvalue weighted by atomic mass is 10.0. The minimum atomic E-state index is -0.732. The zero-order valence-electron chi connectivity index (χ0n) is 14.2. The van der Waals surface area contributed by atoms with Gasteiger partial charge in [-0.3, -0.25) is 25.0 Å². The molecule has 0 aromatic heterocycles. The van der Waals surface area contributed by atoms with Crippen LogP contribution in [0.15, 0.2) is 66.7 Å². The lowest BCUT2D eigenvalue weighted by molar-refractivity contribution is -0.393. The Labute approximate surface area is 163 Å². The molecule has 140 valence electrons. The zero-order chi connectivity index (χ0) is 20.3. The number of nitro groups is 2. The van der Waals surface area contributed by atoms with Crippen LogP contribution in [0.3, 0.4) is 0 Å². The number of rotatable bonds is 6. The highest BCUT2D eigenvalue weighted by Crippen LogP contribution is 2.33. The molecule has 0 fully saturated rings. The third-order valence-corrected chi connectivity index (χ3v) is 4.16. The summed E-state index contributed by atoms with van der Waals surface area (Å²) in [5.41, 5.74) is 0.0452. The lowest BCUT2D eigenvalue weighted by Crippen LogP contribution is -2.06. The highest BCUT2D eigenvalue weighted by molar-refractivity contribution is 6.31. The first-order valence-corrected chi connectivity index (χ1v) is 8.34. The summed E-state index contributed by atoms with van der Waals surface area (Å²) in [6.45, 7) is 0. The van der Waals surface area contributed by atoms with Crippen molar-refractivity contribution < 1.29 is 14.6 Å². The highest BCUT2D eigenvalue weighted by atomic mass is 35.5. The van der Waals surface area contributed by atoms with Crippen LogP contribution in [0.5, 0.6) is 0 Å². The molecule has 0 heterocycles. The van der Waals surface area contributed by atoms with Crippen molar-refractivity contribution in [2.45, 2.75) is 0 Å². The second-order valence-corrected chi connectivity index (χ2v) is 6.16. The van der Waals surface area contributed by atoms with Crippen LogP contribution < -0.4 is 5.32 Å². The van der Waals surface area contributed by atoms with Crippen LogP contribution in [-0.4, -0.2) is 15.6 Å². The first-order chi connectivity index (χ1) is 13.4. The number of carbonyl (C=O) groups excluding carboxylic acids is 1. The number of benzene rings is 3. The summed E-state index contributed by atoms with van der Waals surface area (Å²) in [4.78, 5) is 33.6. The Balaban J connectivity index is 2.05. The fourth-order valence-corrected chi connectivity index (χ4v) is 2.77. The van der Waals surface area contributed by atoms with Crippen molar-refractivity contribution in [2.24, 2.45) is 0 Å². The van der Waals surface area contributed by atoms with Crippen LogP contribution in [0.2, 0.25) is 5.02 Å². The van der Waals surface area contributed by atoms with Gasteiger partial charge in [-0.2, -0.15) is 0 Å². The Bertz CT molecular complexity index is 1090. The van der Waals surface area contributed by atoms with E-state index in [0.29, 0.717) is 10.6 Å². The van der Waals surface area contributed by atoms with Crippen LogP contribution >= 0.6 is 11.6 Å². The van der Waals surface area contributed by atoms with Crippen molar-refractivity contribution in [3.8, 4) is 0 Å². The molecule has 0 aliphatic carbocycles. The van der Waals surface area contributed by atoms with E-state index in [1.54, 1.807) is 30.3 Å². The number of hydrogen-bond acceptors (Lipinski definition) is 6. The Morgan fingerprint density at radius 3 is 2.18 bits per heavy atom. The molecule has 0 spiro atoms. The molecular weight excluding hydrogens is 386 g/mol. The van der Waals surface area contributed by atoms with Gasteiger partial charge in [-0.05, 0) is 24.3 Å². The third-order valence-electron chi connectivity index (χ3n) is 3.92. The van der Waals surface area contributed by atoms with E-state index < -0.39 is 21.2 Å². The molecule has 0 bridgehead atoms. The monoisotopic (exact) mass is 397 g/mol. The van der Waals surface area contributed by atoms with Crippen molar-refractivity contribution in [1.82, 2.24) is 0 Å². The molecule has 0 unspecified atom stereocenters. The van der Waals surface area contributed by atoms with Gasteiger partial charge in [0.05, 0.1) is 21.6 Å². The van der Waals surface area contributed by atoms with Gasteiger partial charge in [0.2, 0.25) is 0 Å². The van der Waals surface area contributed by atoms with Gasteiger partial charge in [-0.15, -0.1) is 0 Å². The predicted octanol–water partition coefficient (Wildman–Crippen LogP) is 5.13. The van der Waals surface area contributed by atoms with Gasteiger partial charge in [-0.25, -0.2) is 0 Å². The van der Waals surface area contributed by atoms with Crippen LogP contribution in [0.25, 0.3) is 0 Å². The number of carbonyl (C=O) groups is 1. The molecule has 9 heteroatoms. The van der Waals surface area contributed by atoms with E-state index in [0.717, 1.165) is 12.1 Å². The number of ketones is 1. The Kier molecular flexibility index (Phi) is 5.32. The lowest BCUT2D eigenvalue weighted by Gasteiger charge is -2.12. The minimum Gasteiger partial charge on any atom is -0.349 e. The summed E-state index contributed by atoms with van der Waals surface area (Å²) in [7, 11) is 0. The molecule has 3 aromatic carbocycles. The molecule has 1 N–H and O–H groups in total. The smallest absolute Gasteiger partial charge is 0.299 e. The van der Waals surface area contributed by atoms with Crippen molar-refractivity contribution in [1.29, 1.82) is 0 Å². The maximum Gasteiger partial charge on any atom is 0.299 e. The van der Waals surface area contributed by atoms with Gasteiger partial charge in [0.15, 0.2) is 5.78 Å². The van der Waals surface area contributed by atoms with Crippen molar-refractivity contribution in [3.63, 3.8) is 0 Å². The number of non-ortho nitro benzene ring substituents is 1. The quantitative estimate of drug-likeness (QED) is 0.350. The molecule has 0 radical (unpaired) electrons. The van der Waals surface area contributed by atoms with Crippen molar-refractivity contribution in [3.05, 3.63) is 103 Å². The molecule has 8 nitrogen and oxygen atoms in total. The summed E-state index contributed by atoms with van der Waals surface area (Å²) >= 11 is 6.03. The fraction of sp³-hybridized carbons (Fsp3) is 0. The van der Waals surface area contributed by atoms with Gasteiger partial charge in [0, 0.05) is 22.2 Å². The average Bonchev–Trinajstić information content (AvgIpc) is 2.69. The minimum absolute atomic E-state index is 0.0139. The van der Waals surface area contributed by atoms with Gasteiger partial charge in [0.25, 0.3) is 11.4 Å². The number of halogens is 1. The molecule has 0 atom stereocenters. The van der Waals surface area contributed by atoms with E-state index in [2.05, 4.69) is 5.32 Å². The van der Waals surface area contributed by atoms with Gasteiger partial charge in [0.1, 0.15) is 5.69 Å². The number of nitrogens with zero attached hydrogens (tertiary/aromatic N) is 2. The highest BCUT2D eigenvalue weighted by Gasteiger charge is 2.21. The van der Waals surface area contributed by atoms with Gasteiger partial charge >= 0.3 is 0 Å². The van der Waals surface area contributed by atoms with E-state index in [-0.39, 0.29) is 22.7 Å². The summed E-state index contributed by atoms with van der Waals surface area (Å²) in [5, 5.41) is 25.4. The van der Waals surface area contributed by atoms with E-state index in [4.69, 9.17) is 11.6 Å². The first kappa shape index (κ1) is 19.0. The maximum atomic E-state index is 12.8. The third kappa shape index (κ3) is 3.97. The molecule has 28 heavy (non-hydrogen) atoms. The molecular formula is C19H12ClN3O5.